The van der Waals surface area contributed by atoms with Gasteiger partial charge >= 0.3 is 0 Å². The van der Waals surface area contributed by atoms with Gasteiger partial charge < -0.3 is 14.2 Å². The Morgan fingerprint density at radius 3 is 2.38 bits per heavy atom. The lowest BCUT2D eigenvalue weighted by Gasteiger charge is -2.16. The summed E-state index contributed by atoms with van der Waals surface area (Å²) >= 11 is 0. The van der Waals surface area contributed by atoms with Crippen LogP contribution < -0.4 is 14.2 Å². The molecule has 0 saturated heterocycles. The van der Waals surface area contributed by atoms with Gasteiger partial charge in [0.2, 0.25) is 0 Å². The van der Waals surface area contributed by atoms with E-state index in [0.717, 1.165) is 22.0 Å². The molecular weight excluding hydrogens is 304 g/mol. The first-order valence-electron chi connectivity index (χ1n) is 7.31. The fraction of sp³-hybridized carbons (Fsp3) is 0.158. The summed E-state index contributed by atoms with van der Waals surface area (Å²) in [5, 5.41) is 10.2. The minimum absolute atomic E-state index is 0.496. The minimum Gasteiger partial charge on any atom is -0.494 e. The first-order chi connectivity index (χ1) is 11.7. The Kier molecular flexibility index (Phi) is 4.21. The molecule has 5 heteroatoms. The summed E-state index contributed by atoms with van der Waals surface area (Å²) in [7, 11) is 4.75. The Hall–Kier alpha value is -3.26. The van der Waals surface area contributed by atoms with Crippen molar-refractivity contribution in [1.82, 2.24) is 4.98 Å². The van der Waals surface area contributed by atoms with Crippen LogP contribution in [0, 0.1) is 11.3 Å². The third kappa shape index (κ3) is 2.48. The SMILES string of the molecule is COc1cc(C#N)cc(-c2ccc(OC)c3ncccc23)c1OC. The molecule has 0 radical (unpaired) electrons. The number of fused-ring (bicyclic) bond motifs is 1. The predicted molar refractivity (Wildman–Crippen MR) is 91.6 cm³/mol. The van der Waals surface area contributed by atoms with Gasteiger partial charge in [0.25, 0.3) is 0 Å². The molecule has 0 N–H and O–H groups in total. The van der Waals surface area contributed by atoms with Gasteiger partial charge in [-0.1, -0.05) is 6.07 Å². The summed E-state index contributed by atoms with van der Waals surface area (Å²) in [6.07, 6.45) is 1.72. The predicted octanol–water partition coefficient (Wildman–Crippen LogP) is 3.80. The largest absolute Gasteiger partial charge is 0.494 e. The van der Waals surface area contributed by atoms with Crippen LogP contribution in [0.5, 0.6) is 17.2 Å². The molecule has 1 heterocycles. The lowest BCUT2D eigenvalue weighted by Crippen LogP contribution is -1.96. The van der Waals surface area contributed by atoms with Crippen LogP contribution in [-0.4, -0.2) is 26.3 Å². The maximum Gasteiger partial charge on any atom is 0.168 e. The highest BCUT2D eigenvalue weighted by Crippen LogP contribution is 2.42. The van der Waals surface area contributed by atoms with Crippen LogP contribution >= 0.6 is 0 Å². The van der Waals surface area contributed by atoms with Crippen LogP contribution in [0.3, 0.4) is 0 Å². The van der Waals surface area contributed by atoms with Crippen LogP contribution in [0.15, 0.2) is 42.6 Å². The molecule has 1 aromatic heterocycles. The molecule has 120 valence electrons. The molecule has 24 heavy (non-hydrogen) atoms. The molecule has 3 aromatic rings. The van der Waals surface area contributed by atoms with Gasteiger partial charge in [0.05, 0.1) is 33.0 Å². The van der Waals surface area contributed by atoms with E-state index in [2.05, 4.69) is 11.1 Å². The number of hydrogen-bond donors (Lipinski definition) is 0. The number of hydrogen-bond acceptors (Lipinski definition) is 5. The zero-order valence-electron chi connectivity index (χ0n) is 13.7. The molecule has 0 saturated carbocycles. The second-order valence-electron chi connectivity index (χ2n) is 5.09. The second kappa shape index (κ2) is 6.47. The number of rotatable bonds is 4. The fourth-order valence-corrected chi connectivity index (χ4v) is 2.78. The van der Waals surface area contributed by atoms with Gasteiger partial charge in [-0.05, 0) is 29.8 Å². The summed E-state index contributed by atoms with van der Waals surface area (Å²) < 4.78 is 16.3. The molecule has 0 unspecified atom stereocenters. The Labute approximate surface area is 140 Å². The number of methoxy groups -OCH3 is 3. The number of nitriles is 1. The number of ether oxygens (including phenoxy) is 3. The molecular formula is C19H16N2O3. The van der Waals surface area contributed by atoms with E-state index in [0.29, 0.717) is 22.8 Å². The summed E-state index contributed by atoms with van der Waals surface area (Å²) in [5.41, 5.74) is 2.91. The average Bonchev–Trinajstić information content (AvgIpc) is 2.65. The molecule has 0 aliphatic carbocycles. The van der Waals surface area contributed by atoms with Gasteiger partial charge in [-0.3, -0.25) is 4.98 Å². The maximum absolute atomic E-state index is 9.31. The summed E-state index contributed by atoms with van der Waals surface area (Å²) in [5.74, 6) is 1.78. The van der Waals surface area contributed by atoms with Gasteiger partial charge in [0.1, 0.15) is 11.3 Å². The third-order valence-corrected chi connectivity index (χ3v) is 3.85. The molecule has 2 aromatic carbocycles. The first-order valence-corrected chi connectivity index (χ1v) is 7.31. The third-order valence-electron chi connectivity index (χ3n) is 3.85. The van der Waals surface area contributed by atoms with E-state index in [9.17, 15) is 5.26 Å². The summed E-state index contributed by atoms with van der Waals surface area (Å²) in [6, 6.07) is 13.2. The van der Waals surface area contributed by atoms with Crippen molar-refractivity contribution in [2.75, 3.05) is 21.3 Å². The van der Waals surface area contributed by atoms with Gasteiger partial charge in [0.15, 0.2) is 11.5 Å². The van der Waals surface area contributed by atoms with Gasteiger partial charge in [-0.2, -0.15) is 5.26 Å². The molecule has 0 bridgehead atoms. The van der Waals surface area contributed by atoms with E-state index in [1.165, 1.54) is 0 Å². The Balaban J connectivity index is 2.38. The molecule has 0 amide bonds. The molecule has 0 fully saturated rings. The van der Waals surface area contributed by atoms with Crippen molar-refractivity contribution in [2.24, 2.45) is 0 Å². The van der Waals surface area contributed by atoms with Crippen molar-refractivity contribution in [3.8, 4) is 34.4 Å². The van der Waals surface area contributed by atoms with Crippen LogP contribution in [0.4, 0.5) is 0 Å². The monoisotopic (exact) mass is 320 g/mol. The highest BCUT2D eigenvalue weighted by Gasteiger charge is 2.17. The van der Waals surface area contributed by atoms with E-state index in [-0.39, 0.29) is 0 Å². The van der Waals surface area contributed by atoms with Gasteiger partial charge in [-0.15, -0.1) is 0 Å². The van der Waals surface area contributed by atoms with E-state index >= 15 is 0 Å². The second-order valence-corrected chi connectivity index (χ2v) is 5.09. The summed E-state index contributed by atoms with van der Waals surface area (Å²) in [4.78, 5) is 4.42. The Bertz CT molecular complexity index is 945. The summed E-state index contributed by atoms with van der Waals surface area (Å²) in [6.45, 7) is 0. The molecule has 0 spiro atoms. The minimum atomic E-state index is 0.496. The standard InChI is InChI=1S/C19H16N2O3/c1-22-16-7-6-13(14-5-4-8-21-18(14)16)15-9-12(11-20)10-17(23-2)19(15)24-3/h4-10H,1-3H3. The molecule has 0 atom stereocenters. The molecule has 3 rings (SSSR count). The van der Waals surface area contributed by atoms with Crippen molar-refractivity contribution < 1.29 is 14.2 Å². The highest BCUT2D eigenvalue weighted by molar-refractivity contribution is 5.99. The van der Waals surface area contributed by atoms with Crippen LogP contribution in [-0.2, 0) is 0 Å². The van der Waals surface area contributed by atoms with Crippen molar-refractivity contribution in [1.29, 1.82) is 5.26 Å². The van der Waals surface area contributed by atoms with E-state index in [1.54, 1.807) is 39.7 Å². The molecule has 0 aliphatic rings. The normalized spacial score (nSPS) is 10.2. The topological polar surface area (TPSA) is 64.4 Å². The molecule has 5 nitrogen and oxygen atoms in total. The number of benzene rings is 2. The maximum atomic E-state index is 9.31. The van der Waals surface area contributed by atoms with Crippen LogP contribution in [0.2, 0.25) is 0 Å². The highest BCUT2D eigenvalue weighted by atomic mass is 16.5. The van der Waals surface area contributed by atoms with E-state index in [4.69, 9.17) is 14.2 Å². The first kappa shape index (κ1) is 15.6. The zero-order valence-corrected chi connectivity index (χ0v) is 13.7. The van der Waals surface area contributed by atoms with Crippen molar-refractivity contribution in [2.45, 2.75) is 0 Å². The van der Waals surface area contributed by atoms with E-state index < -0.39 is 0 Å². The number of nitrogens with zero attached hydrogens (tertiary/aromatic N) is 2. The van der Waals surface area contributed by atoms with Crippen molar-refractivity contribution >= 4 is 10.9 Å². The van der Waals surface area contributed by atoms with Crippen LogP contribution in [0.25, 0.3) is 22.0 Å². The van der Waals surface area contributed by atoms with Crippen molar-refractivity contribution in [3.05, 3.63) is 48.2 Å². The number of aromatic nitrogens is 1. The quantitative estimate of drug-likeness (QED) is 0.731. The van der Waals surface area contributed by atoms with E-state index in [1.807, 2.05) is 24.3 Å². The fourth-order valence-electron chi connectivity index (χ4n) is 2.78. The lowest BCUT2D eigenvalue weighted by atomic mass is 9.97. The average molecular weight is 320 g/mol. The number of pyridine rings is 1. The smallest absolute Gasteiger partial charge is 0.168 e. The van der Waals surface area contributed by atoms with Gasteiger partial charge in [-0.25, -0.2) is 0 Å². The van der Waals surface area contributed by atoms with Crippen LogP contribution in [0.1, 0.15) is 5.56 Å². The lowest BCUT2D eigenvalue weighted by molar-refractivity contribution is 0.356. The molecule has 0 aliphatic heterocycles. The van der Waals surface area contributed by atoms with Gasteiger partial charge in [0, 0.05) is 23.2 Å². The Morgan fingerprint density at radius 2 is 1.71 bits per heavy atom. The Morgan fingerprint density at radius 1 is 0.917 bits per heavy atom. The van der Waals surface area contributed by atoms with Crippen molar-refractivity contribution in [3.63, 3.8) is 0 Å². The zero-order chi connectivity index (χ0) is 17.1.